The van der Waals surface area contributed by atoms with Crippen LogP contribution in [-0.4, -0.2) is 43.3 Å². The van der Waals surface area contributed by atoms with Gasteiger partial charge in [0, 0.05) is 25.5 Å². The Morgan fingerprint density at radius 1 is 1.09 bits per heavy atom. The van der Waals surface area contributed by atoms with Crippen molar-refractivity contribution in [3.63, 3.8) is 0 Å². The number of rotatable bonds is 6. The number of carboxylic acids is 1. The maximum absolute atomic E-state index is 11.2. The first kappa shape index (κ1) is 25.7. The summed E-state index contributed by atoms with van der Waals surface area (Å²) in [6, 6.07) is 0. The molecule has 4 saturated carbocycles. The summed E-state index contributed by atoms with van der Waals surface area (Å²) in [6.07, 6.45) is 14.0. The molecule has 198 valence electrons. The largest absolute Gasteiger partial charge is 0.478 e. The molecule has 1 N–H and O–H groups in total. The molecule has 0 radical (unpaired) electrons. The zero-order chi connectivity index (χ0) is 25.0. The van der Waals surface area contributed by atoms with Gasteiger partial charge in [-0.3, -0.25) is 0 Å². The highest BCUT2D eigenvalue weighted by Crippen LogP contribution is 2.69. The van der Waals surface area contributed by atoms with E-state index in [4.69, 9.17) is 14.2 Å². The molecule has 1 heterocycles. The molecule has 0 aromatic carbocycles. The highest BCUT2D eigenvalue weighted by molar-refractivity contribution is 5.85. The fraction of sp³-hybridized carbons (Fsp3) is 0.900. The Bertz CT molecular complexity index is 831. The number of fused-ring (bicyclic) bond motifs is 5. The molecule has 4 aliphatic carbocycles. The Labute approximate surface area is 212 Å². The summed E-state index contributed by atoms with van der Waals surface area (Å²) in [5, 5.41) is 9.18. The first-order valence-electron chi connectivity index (χ1n) is 14.3. The van der Waals surface area contributed by atoms with Crippen LogP contribution in [0.3, 0.4) is 0 Å². The number of carboxylic acid groups (broad SMARTS) is 1. The van der Waals surface area contributed by atoms with Gasteiger partial charge in [0.05, 0.1) is 19.3 Å². The van der Waals surface area contributed by atoms with Crippen molar-refractivity contribution in [2.45, 2.75) is 104 Å². The highest BCUT2D eigenvalue weighted by Gasteiger charge is 2.64. The van der Waals surface area contributed by atoms with Crippen LogP contribution in [0.15, 0.2) is 11.6 Å². The number of methoxy groups -OCH3 is 1. The van der Waals surface area contributed by atoms with Crippen molar-refractivity contribution in [2.24, 2.45) is 46.3 Å². The average molecular weight is 489 g/mol. The molecule has 5 fully saturated rings. The van der Waals surface area contributed by atoms with Crippen molar-refractivity contribution in [1.82, 2.24) is 0 Å². The predicted octanol–water partition coefficient (Wildman–Crippen LogP) is 6.46. The van der Waals surface area contributed by atoms with E-state index in [1.165, 1.54) is 32.1 Å². The van der Waals surface area contributed by atoms with Gasteiger partial charge >= 0.3 is 5.97 Å². The Morgan fingerprint density at radius 3 is 2.49 bits per heavy atom. The summed E-state index contributed by atoms with van der Waals surface area (Å²) in [5.41, 5.74) is 1.22. The third-order valence-electron chi connectivity index (χ3n) is 11.9. The maximum Gasteiger partial charge on any atom is 0.330 e. The summed E-state index contributed by atoms with van der Waals surface area (Å²) in [7, 11) is 1.95. The van der Waals surface area contributed by atoms with E-state index in [0.717, 1.165) is 63.1 Å². The van der Waals surface area contributed by atoms with Gasteiger partial charge in [-0.15, -0.1) is 0 Å². The van der Waals surface area contributed by atoms with Gasteiger partial charge in [-0.25, -0.2) is 4.79 Å². The van der Waals surface area contributed by atoms with Crippen LogP contribution < -0.4 is 0 Å². The Balaban J connectivity index is 1.33. The Hall–Kier alpha value is -0.910. The van der Waals surface area contributed by atoms with Gasteiger partial charge < -0.3 is 19.3 Å². The first-order chi connectivity index (χ1) is 16.6. The van der Waals surface area contributed by atoms with E-state index in [1.54, 1.807) is 6.92 Å². The Morgan fingerprint density at radius 2 is 1.80 bits per heavy atom. The van der Waals surface area contributed by atoms with Crippen LogP contribution in [0.2, 0.25) is 0 Å². The third kappa shape index (κ3) is 4.22. The summed E-state index contributed by atoms with van der Waals surface area (Å²) in [6.45, 7) is 10.8. The van der Waals surface area contributed by atoms with E-state index in [9.17, 15) is 9.90 Å². The van der Waals surface area contributed by atoms with Crippen molar-refractivity contribution in [3.8, 4) is 0 Å². The summed E-state index contributed by atoms with van der Waals surface area (Å²) >= 11 is 0. The molecule has 9 atom stereocenters. The number of carbonyl (C=O) groups is 1. The van der Waals surface area contributed by atoms with Crippen molar-refractivity contribution in [2.75, 3.05) is 20.3 Å². The van der Waals surface area contributed by atoms with E-state index in [0.29, 0.717) is 40.3 Å². The fourth-order valence-corrected chi connectivity index (χ4v) is 9.97. The van der Waals surface area contributed by atoms with Gasteiger partial charge in [0.1, 0.15) is 0 Å². The van der Waals surface area contributed by atoms with Crippen LogP contribution >= 0.6 is 0 Å². The summed E-state index contributed by atoms with van der Waals surface area (Å²) in [5.74, 6) is 2.98. The molecule has 5 nitrogen and oxygen atoms in total. The third-order valence-corrected chi connectivity index (χ3v) is 11.9. The SMILES string of the molecule is CO[C@@H]1C[C@H]2CC3(CCC2(C)C2CCC4(C)C(CCC4[C@H](C)CC/C=C(\C)C(=O)O)C21)OCCO3. The zero-order valence-corrected chi connectivity index (χ0v) is 22.7. The number of hydrogen-bond donors (Lipinski definition) is 1. The standard InChI is InChI=1S/C30H48O5/c1-19(7-6-8-20(2)27(31)32)22-9-10-23-26-24(11-12-29(22,23)4)28(3)13-14-30(34-15-16-35-30)18-21(28)17-25(26)33-5/h8,19,21-26H,6-7,9-18H2,1-5H3,(H,31,32)/b20-8+/t19-,21+,22?,23?,24?,25-,26?,28?,29?/m1/s1. The van der Waals surface area contributed by atoms with Crippen LogP contribution in [0.5, 0.6) is 0 Å². The lowest BCUT2D eigenvalue weighted by Gasteiger charge is -2.63. The number of ether oxygens (including phenoxy) is 3. The van der Waals surface area contributed by atoms with E-state index in [2.05, 4.69) is 20.8 Å². The van der Waals surface area contributed by atoms with Crippen molar-refractivity contribution in [1.29, 1.82) is 0 Å². The molecule has 0 amide bonds. The normalized spacial score (nSPS) is 45.6. The minimum atomic E-state index is -0.793. The molecule has 5 rings (SSSR count). The minimum Gasteiger partial charge on any atom is -0.478 e. The van der Waals surface area contributed by atoms with Crippen molar-refractivity contribution >= 4 is 5.97 Å². The second-order valence-electron chi connectivity index (χ2n) is 13.3. The predicted molar refractivity (Wildman–Crippen MR) is 136 cm³/mol. The van der Waals surface area contributed by atoms with E-state index < -0.39 is 5.97 Å². The monoisotopic (exact) mass is 488 g/mol. The lowest BCUT2D eigenvalue weighted by atomic mass is 9.43. The molecular weight excluding hydrogens is 440 g/mol. The van der Waals surface area contributed by atoms with E-state index >= 15 is 0 Å². The molecule has 35 heavy (non-hydrogen) atoms. The molecule has 0 bridgehead atoms. The second kappa shape index (κ2) is 9.44. The van der Waals surface area contributed by atoms with Gasteiger partial charge in [-0.1, -0.05) is 26.8 Å². The molecule has 6 unspecified atom stereocenters. The molecule has 5 heteroatoms. The van der Waals surface area contributed by atoms with Gasteiger partial charge in [-0.2, -0.15) is 0 Å². The maximum atomic E-state index is 11.2. The van der Waals surface area contributed by atoms with Crippen LogP contribution in [0.1, 0.15) is 91.9 Å². The Kier molecular flexibility index (Phi) is 6.94. The van der Waals surface area contributed by atoms with E-state index in [1.807, 2.05) is 13.2 Å². The smallest absolute Gasteiger partial charge is 0.330 e. The van der Waals surface area contributed by atoms with Crippen LogP contribution in [0.25, 0.3) is 0 Å². The number of allylic oxidation sites excluding steroid dienone is 1. The van der Waals surface area contributed by atoms with Gasteiger partial charge in [0.15, 0.2) is 5.79 Å². The topological polar surface area (TPSA) is 65.0 Å². The first-order valence-corrected chi connectivity index (χ1v) is 14.3. The molecule has 1 aliphatic heterocycles. The number of aliphatic carboxylic acids is 1. The van der Waals surface area contributed by atoms with Crippen molar-refractivity contribution in [3.05, 3.63) is 11.6 Å². The van der Waals surface area contributed by atoms with Gasteiger partial charge in [0.25, 0.3) is 0 Å². The lowest BCUT2D eigenvalue weighted by Crippen LogP contribution is -2.60. The minimum absolute atomic E-state index is 0.320. The van der Waals surface area contributed by atoms with Crippen LogP contribution in [-0.2, 0) is 19.0 Å². The molecule has 0 aromatic rings. The van der Waals surface area contributed by atoms with Crippen LogP contribution in [0, 0.1) is 46.3 Å². The molecule has 1 saturated heterocycles. The van der Waals surface area contributed by atoms with Gasteiger partial charge in [-0.05, 0) is 105 Å². The zero-order valence-electron chi connectivity index (χ0n) is 22.7. The van der Waals surface area contributed by atoms with E-state index in [-0.39, 0.29) is 5.79 Å². The fourth-order valence-electron chi connectivity index (χ4n) is 9.97. The van der Waals surface area contributed by atoms with Gasteiger partial charge in [0.2, 0.25) is 0 Å². The molecular formula is C30H48O5. The lowest BCUT2D eigenvalue weighted by molar-refractivity contribution is -0.245. The van der Waals surface area contributed by atoms with Crippen LogP contribution in [0.4, 0.5) is 0 Å². The van der Waals surface area contributed by atoms with Crippen molar-refractivity contribution < 1.29 is 24.1 Å². The summed E-state index contributed by atoms with van der Waals surface area (Å²) < 4.78 is 18.7. The highest BCUT2D eigenvalue weighted by atomic mass is 16.7. The molecule has 0 aromatic heterocycles. The molecule has 5 aliphatic rings. The second-order valence-corrected chi connectivity index (χ2v) is 13.3. The summed E-state index contributed by atoms with van der Waals surface area (Å²) in [4.78, 5) is 11.2. The molecule has 1 spiro atoms. The number of hydrogen-bond acceptors (Lipinski definition) is 4. The quantitative estimate of drug-likeness (QED) is 0.435. The average Bonchev–Trinajstić information content (AvgIpc) is 3.43.